The Bertz CT molecular complexity index is 229. The van der Waals surface area contributed by atoms with Crippen LogP contribution in [-0.2, 0) is 4.79 Å². The Morgan fingerprint density at radius 1 is 1.83 bits per heavy atom. The number of rotatable bonds is 4. The number of hydrogen-bond acceptors (Lipinski definition) is 4. The number of thiocarbonyl (C=S) groups is 1. The highest BCUT2D eigenvalue weighted by Crippen LogP contribution is 2.15. The van der Waals surface area contributed by atoms with Crippen molar-refractivity contribution in [3.05, 3.63) is 0 Å². The normalized spacial score (nSPS) is 21.1. The van der Waals surface area contributed by atoms with Crippen LogP contribution in [0.5, 0.6) is 0 Å². The summed E-state index contributed by atoms with van der Waals surface area (Å²) in [6, 6.07) is 0. The second-order valence-corrected chi connectivity index (χ2v) is 3.91. The number of thioether (sulfide) groups is 1. The van der Waals surface area contributed by atoms with Gasteiger partial charge in [0.15, 0.2) is 5.50 Å². The van der Waals surface area contributed by atoms with Crippen molar-refractivity contribution in [1.29, 1.82) is 0 Å². The first kappa shape index (κ1) is 9.60. The fourth-order valence-electron chi connectivity index (χ4n) is 0.658. The summed E-state index contributed by atoms with van der Waals surface area (Å²) in [5, 5.41) is 10.8. The molecule has 0 spiro atoms. The summed E-state index contributed by atoms with van der Waals surface area (Å²) < 4.78 is 0. The molecule has 0 saturated heterocycles. The van der Waals surface area contributed by atoms with Gasteiger partial charge in [-0.05, 0) is 19.1 Å². The Morgan fingerprint density at radius 3 is 3.08 bits per heavy atom. The largest absolute Gasteiger partial charge is 0.328 e. The molecule has 1 heterocycles. The highest BCUT2D eigenvalue weighted by molar-refractivity contribution is 7.99. The highest BCUT2D eigenvalue weighted by atomic mass is 32.2. The highest BCUT2D eigenvalue weighted by Gasteiger charge is 2.14. The maximum Gasteiger partial charge on any atom is 0.215 e. The van der Waals surface area contributed by atoms with Gasteiger partial charge in [-0.25, -0.2) is 0 Å². The number of nitrogens with zero attached hydrogens (tertiary/aromatic N) is 2. The number of azo groups is 1. The number of carbonyl (C=O) groups is 1. The van der Waals surface area contributed by atoms with E-state index in [1.807, 2.05) is 0 Å². The van der Waals surface area contributed by atoms with E-state index in [1.54, 1.807) is 6.92 Å². The topological polar surface area (TPSA) is 53.8 Å². The molecule has 1 atom stereocenters. The first-order valence-corrected chi connectivity index (χ1v) is 4.96. The smallest absolute Gasteiger partial charge is 0.215 e. The Kier molecular flexibility index (Phi) is 3.61. The number of Topliss-reactive ketones (excluding diaryl/α,β-unsaturated/α-hetero) is 1. The SMILES string of the molecule is CC(=O)CCSC1N=NC(=S)N1. The minimum atomic E-state index is -0.0863. The Morgan fingerprint density at radius 2 is 2.58 bits per heavy atom. The molecule has 0 amide bonds. The van der Waals surface area contributed by atoms with E-state index in [1.165, 1.54) is 11.8 Å². The predicted octanol–water partition coefficient (Wildman–Crippen LogP) is 1.32. The van der Waals surface area contributed by atoms with Crippen molar-refractivity contribution in [1.82, 2.24) is 5.32 Å². The maximum absolute atomic E-state index is 10.6. The monoisotopic (exact) mass is 203 g/mol. The summed E-state index contributed by atoms with van der Waals surface area (Å²) in [5.41, 5.74) is -0.0863. The van der Waals surface area contributed by atoms with Gasteiger partial charge in [-0.1, -0.05) is 0 Å². The molecular weight excluding hydrogens is 194 g/mol. The van der Waals surface area contributed by atoms with Gasteiger partial charge >= 0.3 is 0 Å². The first-order valence-electron chi connectivity index (χ1n) is 3.51. The van der Waals surface area contributed by atoms with Gasteiger partial charge in [0.2, 0.25) is 5.11 Å². The molecule has 0 saturated carbocycles. The number of nitrogens with one attached hydrogen (secondary N) is 1. The number of ketones is 1. The van der Waals surface area contributed by atoms with Gasteiger partial charge in [0, 0.05) is 12.2 Å². The van der Waals surface area contributed by atoms with E-state index in [4.69, 9.17) is 12.2 Å². The molecule has 0 aliphatic carbocycles. The van der Waals surface area contributed by atoms with Crippen molar-refractivity contribution in [2.45, 2.75) is 18.8 Å². The van der Waals surface area contributed by atoms with Gasteiger partial charge < -0.3 is 5.32 Å². The molecule has 4 nitrogen and oxygen atoms in total. The summed E-state index contributed by atoms with van der Waals surface area (Å²) >= 11 is 6.28. The molecule has 0 radical (unpaired) electrons. The standard InChI is InChI=1S/C6H9N3OS2/c1-4(10)2-3-12-6-7-5(11)8-9-6/h6H,2-3H2,1H3,(H,7,11). The van der Waals surface area contributed by atoms with Crippen LogP contribution in [0.25, 0.3) is 0 Å². The molecule has 12 heavy (non-hydrogen) atoms. The van der Waals surface area contributed by atoms with Crippen LogP contribution in [0.2, 0.25) is 0 Å². The average Bonchev–Trinajstić information content (AvgIpc) is 2.35. The van der Waals surface area contributed by atoms with Gasteiger partial charge in [-0.15, -0.1) is 22.0 Å². The van der Waals surface area contributed by atoms with E-state index in [2.05, 4.69) is 15.5 Å². The molecule has 0 aromatic rings. The zero-order valence-electron chi connectivity index (χ0n) is 6.61. The molecule has 1 N–H and O–H groups in total. The maximum atomic E-state index is 10.6. The van der Waals surface area contributed by atoms with E-state index < -0.39 is 0 Å². The van der Waals surface area contributed by atoms with Gasteiger partial charge in [-0.3, -0.25) is 4.79 Å². The predicted molar refractivity (Wildman–Crippen MR) is 52.1 cm³/mol. The summed E-state index contributed by atoms with van der Waals surface area (Å²) in [7, 11) is 0. The molecular formula is C6H9N3OS2. The van der Waals surface area contributed by atoms with Crippen LogP contribution in [0.3, 0.4) is 0 Å². The molecule has 1 rings (SSSR count). The van der Waals surface area contributed by atoms with Crippen molar-refractivity contribution in [3.8, 4) is 0 Å². The van der Waals surface area contributed by atoms with Crippen molar-refractivity contribution in [2.24, 2.45) is 10.2 Å². The molecule has 1 unspecified atom stereocenters. The third-order valence-electron chi connectivity index (χ3n) is 1.23. The minimum Gasteiger partial charge on any atom is -0.328 e. The lowest BCUT2D eigenvalue weighted by Crippen LogP contribution is -2.22. The van der Waals surface area contributed by atoms with Gasteiger partial charge in [0.05, 0.1) is 0 Å². The summed E-state index contributed by atoms with van der Waals surface area (Å²) in [6.45, 7) is 1.58. The minimum absolute atomic E-state index is 0.0863. The molecule has 0 aromatic carbocycles. The molecule has 0 fully saturated rings. The van der Waals surface area contributed by atoms with Crippen molar-refractivity contribution in [3.63, 3.8) is 0 Å². The van der Waals surface area contributed by atoms with Gasteiger partial charge in [0.1, 0.15) is 5.78 Å². The van der Waals surface area contributed by atoms with E-state index in [9.17, 15) is 4.79 Å². The van der Waals surface area contributed by atoms with Crippen molar-refractivity contribution >= 4 is 34.9 Å². The third kappa shape index (κ3) is 3.27. The van der Waals surface area contributed by atoms with Crippen LogP contribution in [0.15, 0.2) is 10.2 Å². The lowest BCUT2D eigenvalue weighted by Gasteiger charge is -2.04. The average molecular weight is 203 g/mol. The van der Waals surface area contributed by atoms with Crippen molar-refractivity contribution < 1.29 is 4.79 Å². The molecule has 1 aliphatic rings. The molecule has 0 aromatic heterocycles. The van der Waals surface area contributed by atoms with Crippen LogP contribution >= 0.6 is 24.0 Å². The number of carbonyl (C=O) groups excluding carboxylic acids is 1. The van der Waals surface area contributed by atoms with E-state index in [-0.39, 0.29) is 11.3 Å². The first-order chi connectivity index (χ1) is 5.68. The third-order valence-corrected chi connectivity index (χ3v) is 2.40. The molecule has 0 bridgehead atoms. The van der Waals surface area contributed by atoms with E-state index in [0.29, 0.717) is 11.5 Å². The van der Waals surface area contributed by atoms with Crippen LogP contribution < -0.4 is 5.32 Å². The van der Waals surface area contributed by atoms with Crippen LogP contribution in [-0.4, -0.2) is 22.1 Å². The second-order valence-electron chi connectivity index (χ2n) is 2.34. The van der Waals surface area contributed by atoms with Gasteiger partial charge in [0.25, 0.3) is 0 Å². The van der Waals surface area contributed by atoms with Gasteiger partial charge in [-0.2, -0.15) is 0 Å². The summed E-state index contributed by atoms with van der Waals surface area (Å²) in [6.07, 6.45) is 0.575. The van der Waals surface area contributed by atoms with E-state index >= 15 is 0 Å². The quantitative estimate of drug-likeness (QED) is 0.700. The van der Waals surface area contributed by atoms with E-state index in [0.717, 1.165) is 5.75 Å². The fraction of sp³-hybridized carbons (Fsp3) is 0.667. The van der Waals surface area contributed by atoms with Crippen molar-refractivity contribution in [2.75, 3.05) is 5.75 Å². The Labute approximate surface area is 80.2 Å². The Hall–Kier alpha value is -0.490. The zero-order chi connectivity index (χ0) is 8.97. The molecule has 6 heteroatoms. The summed E-state index contributed by atoms with van der Waals surface area (Å²) in [4.78, 5) is 10.6. The fourth-order valence-corrected chi connectivity index (χ4v) is 1.83. The lowest BCUT2D eigenvalue weighted by molar-refractivity contribution is -0.116. The zero-order valence-corrected chi connectivity index (χ0v) is 8.24. The Balaban J connectivity index is 2.13. The second kappa shape index (κ2) is 4.51. The molecule has 66 valence electrons. The summed E-state index contributed by atoms with van der Waals surface area (Å²) in [5.74, 6) is 0.953. The van der Waals surface area contributed by atoms with Crippen LogP contribution in [0.4, 0.5) is 0 Å². The van der Waals surface area contributed by atoms with Crippen LogP contribution in [0, 0.1) is 0 Å². The lowest BCUT2D eigenvalue weighted by atomic mass is 10.4. The van der Waals surface area contributed by atoms with Crippen LogP contribution in [0.1, 0.15) is 13.3 Å². The number of hydrogen-bond donors (Lipinski definition) is 1. The molecule has 1 aliphatic heterocycles.